The number of carbonyl (C=O) groups excluding carboxylic acids is 3. The Kier molecular flexibility index (Phi) is 11.6. The van der Waals surface area contributed by atoms with Crippen molar-refractivity contribution >= 4 is 34.9 Å². The van der Waals surface area contributed by atoms with Gasteiger partial charge in [0.15, 0.2) is 0 Å². The molecular formula is C35H46N6O5. The smallest absolute Gasteiger partial charge is 0.319 e. The van der Waals surface area contributed by atoms with Crippen LogP contribution in [0.15, 0.2) is 66.7 Å². The first kappa shape index (κ1) is 34.3. The van der Waals surface area contributed by atoms with Crippen LogP contribution in [-0.4, -0.2) is 77.7 Å². The Hall–Kier alpha value is -4.61. The highest BCUT2D eigenvalue weighted by Gasteiger charge is 2.31. The Labute approximate surface area is 271 Å². The first-order valence-electron chi connectivity index (χ1n) is 15.6. The van der Waals surface area contributed by atoms with Gasteiger partial charge in [0.2, 0.25) is 5.91 Å². The van der Waals surface area contributed by atoms with Crippen LogP contribution in [0.2, 0.25) is 0 Å². The first-order valence-corrected chi connectivity index (χ1v) is 15.6. The van der Waals surface area contributed by atoms with E-state index in [1.807, 2.05) is 59.0 Å². The summed E-state index contributed by atoms with van der Waals surface area (Å²) in [6.45, 7) is 9.07. The standard InChI is InChI=1S/C35H46N6O5/c1-22(2)37-35(45)38-28-14-15-31-27(16-28)17-33(43)41(24(4)21-42)18-23(3)32(46-31)20-40(5)19-25-10-12-26(13-11-25)34(44)39-30-9-7-6-8-29(30)36/h6-16,22-24,32,42H,17-21,36H2,1-5H3,(H,39,44)(H2,37,38,45)/t23-,24-,32+/m0/s1. The lowest BCUT2D eigenvalue weighted by molar-refractivity contribution is -0.134. The molecule has 1 heterocycles. The Morgan fingerprint density at radius 3 is 2.46 bits per heavy atom. The number of para-hydroxylation sites is 2. The number of hydrogen-bond acceptors (Lipinski definition) is 7. The predicted molar refractivity (Wildman–Crippen MR) is 181 cm³/mol. The molecule has 3 aromatic carbocycles. The predicted octanol–water partition coefficient (Wildman–Crippen LogP) is 4.33. The molecule has 11 nitrogen and oxygen atoms in total. The van der Waals surface area contributed by atoms with E-state index in [2.05, 4.69) is 20.9 Å². The number of rotatable bonds is 10. The third-order valence-electron chi connectivity index (χ3n) is 7.96. The summed E-state index contributed by atoms with van der Waals surface area (Å²) in [5.74, 6) is 0.174. The highest BCUT2D eigenvalue weighted by molar-refractivity contribution is 6.05. The molecule has 46 heavy (non-hydrogen) atoms. The molecule has 0 unspecified atom stereocenters. The normalized spacial score (nSPS) is 17.3. The number of aliphatic hydroxyl groups is 1. The number of nitrogens with zero attached hydrogens (tertiary/aromatic N) is 2. The van der Waals surface area contributed by atoms with E-state index in [1.54, 1.807) is 47.4 Å². The molecule has 0 saturated heterocycles. The van der Waals surface area contributed by atoms with Crippen LogP contribution in [0.1, 0.15) is 49.2 Å². The van der Waals surface area contributed by atoms with Gasteiger partial charge in [-0.3, -0.25) is 14.5 Å². The van der Waals surface area contributed by atoms with E-state index in [0.717, 1.165) is 5.56 Å². The molecule has 1 aliphatic heterocycles. The van der Waals surface area contributed by atoms with Crippen LogP contribution in [0.25, 0.3) is 0 Å². The molecule has 246 valence electrons. The molecule has 6 N–H and O–H groups in total. The van der Waals surface area contributed by atoms with Gasteiger partial charge in [-0.2, -0.15) is 0 Å². The number of hydrogen-bond donors (Lipinski definition) is 5. The van der Waals surface area contributed by atoms with Crippen LogP contribution in [0.5, 0.6) is 5.75 Å². The van der Waals surface area contributed by atoms with E-state index in [1.165, 1.54) is 0 Å². The van der Waals surface area contributed by atoms with E-state index >= 15 is 0 Å². The highest BCUT2D eigenvalue weighted by atomic mass is 16.5. The van der Waals surface area contributed by atoms with Gasteiger partial charge in [0.25, 0.3) is 5.91 Å². The zero-order valence-electron chi connectivity index (χ0n) is 27.2. The lowest BCUT2D eigenvalue weighted by Gasteiger charge is -2.34. The van der Waals surface area contributed by atoms with Crippen molar-refractivity contribution in [2.24, 2.45) is 5.92 Å². The maximum atomic E-state index is 13.5. The van der Waals surface area contributed by atoms with Gasteiger partial charge >= 0.3 is 6.03 Å². The van der Waals surface area contributed by atoms with Crippen LogP contribution in [0, 0.1) is 5.92 Å². The molecule has 3 atom stereocenters. The maximum Gasteiger partial charge on any atom is 0.319 e. The van der Waals surface area contributed by atoms with Crippen molar-refractivity contribution in [3.63, 3.8) is 0 Å². The minimum Gasteiger partial charge on any atom is -0.488 e. The molecule has 11 heteroatoms. The van der Waals surface area contributed by atoms with Crippen molar-refractivity contribution in [3.8, 4) is 5.75 Å². The summed E-state index contributed by atoms with van der Waals surface area (Å²) in [7, 11) is 2.00. The topological polar surface area (TPSA) is 149 Å². The molecule has 4 amide bonds. The molecule has 0 fully saturated rings. The number of anilines is 3. The second-order valence-corrected chi connectivity index (χ2v) is 12.4. The van der Waals surface area contributed by atoms with Crippen molar-refractivity contribution in [1.82, 2.24) is 15.1 Å². The Balaban J connectivity index is 1.49. The summed E-state index contributed by atoms with van der Waals surface area (Å²) < 4.78 is 6.61. The number of fused-ring (bicyclic) bond motifs is 1. The number of ether oxygens (including phenoxy) is 1. The molecule has 1 aliphatic rings. The number of benzene rings is 3. The van der Waals surface area contributed by atoms with Crippen LogP contribution < -0.4 is 26.4 Å². The fourth-order valence-electron chi connectivity index (χ4n) is 5.40. The molecule has 0 aromatic heterocycles. The van der Waals surface area contributed by atoms with Gasteiger partial charge in [-0.1, -0.05) is 31.2 Å². The number of likely N-dealkylation sites (N-methyl/N-ethyl adjacent to an activating group) is 1. The van der Waals surface area contributed by atoms with Gasteiger partial charge in [-0.25, -0.2) is 4.79 Å². The Bertz CT molecular complexity index is 1510. The van der Waals surface area contributed by atoms with Crippen molar-refractivity contribution in [2.45, 2.75) is 58.8 Å². The number of amides is 4. The van der Waals surface area contributed by atoms with E-state index < -0.39 is 0 Å². The minimum absolute atomic E-state index is 0.0255. The quantitative estimate of drug-likeness (QED) is 0.209. The molecular weight excluding hydrogens is 584 g/mol. The average Bonchev–Trinajstić information content (AvgIpc) is 3.05. The SMILES string of the molecule is CC(C)NC(=O)Nc1ccc2c(c1)CC(=O)N([C@@H](C)CO)C[C@H](C)[C@@H](CN(C)Cc1ccc(C(=O)Nc3ccccc3N)cc1)O2. The van der Waals surface area contributed by atoms with Crippen LogP contribution in [0.3, 0.4) is 0 Å². The zero-order valence-corrected chi connectivity index (χ0v) is 27.2. The number of urea groups is 1. The van der Waals surface area contributed by atoms with Crippen molar-refractivity contribution in [1.29, 1.82) is 0 Å². The highest BCUT2D eigenvalue weighted by Crippen LogP contribution is 2.29. The largest absolute Gasteiger partial charge is 0.488 e. The van der Waals surface area contributed by atoms with Crippen molar-refractivity contribution in [2.75, 3.05) is 43.1 Å². The number of nitrogens with one attached hydrogen (secondary N) is 3. The van der Waals surface area contributed by atoms with E-state index in [-0.39, 0.29) is 55.0 Å². The summed E-state index contributed by atoms with van der Waals surface area (Å²) in [6.07, 6.45) is -0.208. The second-order valence-electron chi connectivity index (χ2n) is 12.4. The molecule has 0 aliphatic carbocycles. The summed E-state index contributed by atoms with van der Waals surface area (Å²) in [4.78, 5) is 42.4. The average molecular weight is 631 g/mol. The number of carbonyl (C=O) groups is 3. The lowest BCUT2D eigenvalue weighted by atomic mass is 10.0. The van der Waals surface area contributed by atoms with E-state index in [4.69, 9.17) is 10.5 Å². The van der Waals surface area contributed by atoms with Crippen molar-refractivity contribution < 1.29 is 24.2 Å². The van der Waals surface area contributed by atoms with Gasteiger partial charge < -0.3 is 36.4 Å². The summed E-state index contributed by atoms with van der Waals surface area (Å²) >= 11 is 0. The van der Waals surface area contributed by atoms with Crippen LogP contribution >= 0.6 is 0 Å². The van der Waals surface area contributed by atoms with Crippen LogP contribution in [-0.2, 0) is 17.8 Å². The second kappa shape index (κ2) is 15.6. The van der Waals surface area contributed by atoms with Gasteiger partial charge in [0, 0.05) is 48.4 Å². The van der Waals surface area contributed by atoms with Crippen molar-refractivity contribution in [3.05, 3.63) is 83.4 Å². The van der Waals surface area contributed by atoms with E-state index in [9.17, 15) is 19.5 Å². The molecule has 0 bridgehead atoms. The van der Waals surface area contributed by atoms with Gasteiger partial charge in [0.1, 0.15) is 11.9 Å². The third-order valence-corrected chi connectivity index (χ3v) is 7.96. The molecule has 0 spiro atoms. The van der Waals surface area contributed by atoms with Crippen LogP contribution in [0.4, 0.5) is 21.9 Å². The van der Waals surface area contributed by atoms with Gasteiger partial charge in [-0.15, -0.1) is 0 Å². The summed E-state index contributed by atoms with van der Waals surface area (Å²) in [5.41, 5.74) is 9.80. The summed E-state index contributed by atoms with van der Waals surface area (Å²) in [6, 6.07) is 19.2. The van der Waals surface area contributed by atoms with E-state index in [0.29, 0.717) is 53.6 Å². The fourth-order valence-corrected chi connectivity index (χ4v) is 5.40. The first-order chi connectivity index (χ1) is 21.9. The molecule has 4 rings (SSSR count). The van der Waals surface area contributed by atoms with Gasteiger partial charge in [0.05, 0.1) is 30.4 Å². The molecule has 3 aromatic rings. The Morgan fingerprint density at radius 1 is 1.07 bits per heavy atom. The molecule has 0 radical (unpaired) electrons. The Morgan fingerprint density at radius 2 is 1.78 bits per heavy atom. The number of aliphatic hydroxyl groups excluding tert-OH is 1. The monoisotopic (exact) mass is 630 g/mol. The third kappa shape index (κ3) is 9.21. The maximum absolute atomic E-state index is 13.5. The zero-order chi connectivity index (χ0) is 33.4. The number of nitrogen functional groups attached to an aromatic ring is 1. The van der Waals surface area contributed by atoms with Gasteiger partial charge in [-0.05, 0) is 75.8 Å². The summed E-state index contributed by atoms with van der Waals surface area (Å²) in [5, 5.41) is 18.4. The minimum atomic E-state index is -0.359. The fraction of sp³-hybridized carbons (Fsp3) is 0.400. The lowest BCUT2D eigenvalue weighted by Crippen LogP contribution is -2.47. The number of nitrogens with two attached hydrogens (primary N) is 1. The molecule has 0 saturated carbocycles.